The predicted octanol–water partition coefficient (Wildman–Crippen LogP) is 3.46. The van der Waals surface area contributed by atoms with Gasteiger partial charge in [-0.15, -0.1) is 0 Å². The van der Waals surface area contributed by atoms with Crippen LogP contribution in [0.3, 0.4) is 0 Å². The summed E-state index contributed by atoms with van der Waals surface area (Å²) in [7, 11) is 0. The molecule has 1 amide bonds. The number of piperidine rings is 2. The molecule has 5 rings (SSSR count). The van der Waals surface area contributed by atoms with E-state index in [4.69, 9.17) is 9.47 Å². The summed E-state index contributed by atoms with van der Waals surface area (Å²) in [6.07, 6.45) is 8.56. The van der Waals surface area contributed by atoms with Crippen LogP contribution in [0.1, 0.15) is 44.6 Å². The first-order valence-corrected chi connectivity index (χ1v) is 11.6. The number of fused-ring (bicyclic) bond motifs is 1. The summed E-state index contributed by atoms with van der Waals surface area (Å²) in [5.41, 5.74) is 1.24. The van der Waals surface area contributed by atoms with Crippen LogP contribution in [-0.2, 0) is 9.53 Å². The Morgan fingerprint density at radius 3 is 2.73 bits per heavy atom. The Balaban J connectivity index is 1.16. The number of carbonyl (C=O) groups excluding carboxylic acids is 1. The van der Waals surface area contributed by atoms with E-state index in [9.17, 15) is 4.79 Å². The highest BCUT2D eigenvalue weighted by molar-refractivity contribution is 5.86. The third kappa shape index (κ3) is 4.21. The first-order valence-electron chi connectivity index (χ1n) is 11.6. The molecule has 0 aliphatic carbocycles. The highest BCUT2D eigenvalue weighted by Gasteiger charge is 2.24. The van der Waals surface area contributed by atoms with E-state index in [1.54, 1.807) is 0 Å². The summed E-state index contributed by atoms with van der Waals surface area (Å²) in [4.78, 5) is 16.5. The van der Waals surface area contributed by atoms with Gasteiger partial charge < -0.3 is 23.8 Å². The molecule has 0 saturated carbocycles. The maximum Gasteiger partial charge on any atom is 0.222 e. The minimum atomic E-state index is 0.265. The number of benzene rings is 1. The van der Waals surface area contributed by atoms with Crippen molar-refractivity contribution in [1.29, 1.82) is 0 Å². The van der Waals surface area contributed by atoms with E-state index < -0.39 is 0 Å². The molecule has 0 spiro atoms. The van der Waals surface area contributed by atoms with Gasteiger partial charge in [0, 0.05) is 57.3 Å². The number of nitrogens with zero attached hydrogens (tertiary/aromatic N) is 3. The number of rotatable bonds is 6. The fraction of sp³-hybridized carbons (Fsp3) is 0.625. The molecule has 1 atom stereocenters. The van der Waals surface area contributed by atoms with Crippen LogP contribution in [0.4, 0.5) is 0 Å². The lowest BCUT2D eigenvalue weighted by Crippen LogP contribution is -2.44. The summed E-state index contributed by atoms with van der Waals surface area (Å²) in [6.45, 7) is 6.55. The predicted molar refractivity (Wildman–Crippen MR) is 117 cm³/mol. The van der Waals surface area contributed by atoms with Gasteiger partial charge in [-0.1, -0.05) is 6.07 Å². The smallest absolute Gasteiger partial charge is 0.222 e. The molecule has 3 fully saturated rings. The van der Waals surface area contributed by atoms with Crippen molar-refractivity contribution in [2.75, 3.05) is 45.9 Å². The van der Waals surface area contributed by atoms with E-state index in [0.29, 0.717) is 11.9 Å². The van der Waals surface area contributed by atoms with Crippen LogP contribution in [0.5, 0.6) is 5.75 Å². The Labute approximate surface area is 178 Å². The normalized spacial score (nSPS) is 24.1. The third-order valence-electron chi connectivity index (χ3n) is 6.96. The van der Waals surface area contributed by atoms with Crippen molar-refractivity contribution < 1.29 is 14.3 Å². The molecule has 3 aliphatic rings. The van der Waals surface area contributed by atoms with Crippen LogP contribution in [0.2, 0.25) is 0 Å². The van der Waals surface area contributed by atoms with Crippen molar-refractivity contribution in [3.05, 3.63) is 30.5 Å². The fourth-order valence-corrected chi connectivity index (χ4v) is 5.11. The molecular formula is C24H33N3O3. The number of aromatic nitrogens is 1. The third-order valence-corrected chi connectivity index (χ3v) is 6.96. The Bertz CT molecular complexity index is 866. The van der Waals surface area contributed by atoms with E-state index in [-0.39, 0.29) is 6.10 Å². The van der Waals surface area contributed by atoms with Crippen LogP contribution in [0, 0.1) is 0 Å². The Morgan fingerprint density at radius 2 is 1.93 bits per heavy atom. The molecule has 1 aromatic heterocycles. The van der Waals surface area contributed by atoms with Gasteiger partial charge in [0.2, 0.25) is 5.91 Å². The number of hydrogen-bond acceptors (Lipinski definition) is 4. The van der Waals surface area contributed by atoms with Crippen LogP contribution < -0.4 is 4.74 Å². The highest BCUT2D eigenvalue weighted by atomic mass is 16.5. The second-order valence-corrected chi connectivity index (χ2v) is 8.93. The van der Waals surface area contributed by atoms with Gasteiger partial charge in [-0.25, -0.2) is 0 Å². The molecule has 0 radical (unpaired) electrons. The van der Waals surface area contributed by atoms with Crippen LogP contribution in [0.25, 0.3) is 10.9 Å². The highest BCUT2D eigenvalue weighted by Crippen LogP contribution is 2.32. The molecule has 2 aromatic rings. The second kappa shape index (κ2) is 8.98. The van der Waals surface area contributed by atoms with E-state index in [2.05, 4.69) is 39.9 Å². The largest absolute Gasteiger partial charge is 0.490 e. The lowest BCUT2D eigenvalue weighted by molar-refractivity contribution is -0.133. The van der Waals surface area contributed by atoms with Gasteiger partial charge in [0.05, 0.1) is 18.2 Å². The molecule has 3 aliphatic heterocycles. The second-order valence-electron chi connectivity index (χ2n) is 8.93. The maximum atomic E-state index is 12.0. The topological polar surface area (TPSA) is 46.9 Å². The summed E-state index contributed by atoms with van der Waals surface area (Å²) in [5, 5.41) is 1.20. The fourth-order valence-electron chi connectivity index (χ4n) is 5.11. The van der Waals surface area contributed by atoms with Crippen molar-refractivity contribution in [2.45, 2.75) is 50.7 Å². The van der Waals surface area contributed by atoms with Crippen molar-refractivity contribution in [2.24, 2.45) is 0 Å². The van der Waals surface area contributed by atoms with E-state index >= 15 is 0 Å². The Hall–Kier alpha value is -2.05. The van der Waals surface area contributed by atoms with Crippen LogP contribution in [-0.4, -0.2) is 72.3 Å². The van der Waals surface area contributed by atoms with Crippen molar-refractivity contribution in [3.63, 3.8) is 0 Å². The Kier molecular flexibility index (Phi) is 5.95. The number of likely N-dealkylation sites (tertiary alicyclic amines) is 2. The molecule has 0 N–H and O–H groups in total. The van der Waals surface area contributed by atoms with Gasteiger partial charge in [-0.2, -0.15) is 0 Å². The molecular weight excluding hydrogens is 378 g/mol. The summed E-state index contributed by atoms with van der Waals surface area (Å²) in [6, 6.07) is 9.02. The Morgan fingerprint density at radius 1 is 1.03 bits per heavy atom. The molecule has 162 valence electrons. The zero-order valence-corrected chi connectivity index (χ0v) is 17.8. The standard InChI is InChI=1S/C24H33N3O3/c28-24-6-1-2-11-26(24)16-15-25-12-7-20(8-13-25)30-23-5-3-4-22-21(23)9-14-27(22)19-10-17-29-18-19/h3-5,9,14,19-20H,1-2,6-8,10-13,15-18H2. The SMILES string of the molecule is O=C1CCCCN1CCN1CCC(Oc2cccc3c2ccn3C2CCOC2)CC1. The summed E-state index contributed by atoms with van der Waals surface area (Å²) in [5.74, 6) is 1.34. The number of amides is 1. The van der Waals surface area contributed by atoms with Crippen LogP contribution >= 0.6 is 0 Å². The number of ether oxygens (including phenoxy) is 2. The molecule has 1 aromatic carbocycles. The molecule has 3 saturated heterocycles. The average molecular weight is 412 g/mol. The molecule has 1 unspecified atom stereocenters. The first-order chi connectivity index (χ1) is 14.8. The lowest BCUT2D eigenvalue weighted by Gasteiger charge is -2.34. The van der Waals surface area contributed by atoms with Crippen LogP contribution in [0.15, 0.2) is 30.5 Å². The first kappa shape index (κ1) is 19.9. The number of hydrogen-bond donors (Lipinski definition) is 0. The van der Waals surface area contributed by atoms with E-state index in [0.717, 1.165) is 90.2 Å². The van der Waals surface area contributed by atoms with E-state index in [1.165, 1.54) is 10.9 Å². The average Bonchev–Trinajstić information content (AvgIpc) is 3.44. The lowest BCUT2D eigenvalue weighted by atomic mass is 10.1. The van der Waals surface area contributed by atoms with Crippen molar-refractivity contribution in [3.8, 4) is 5.75 Å². The van der Waals surface area contributed by atoms with Gasteiger partial charge in [-0.3, -0.25) is 4.79 Å². The van der Waals surface area contributed by atoms with Crippen molar-refractivity contribution in [1.82, 2.24) is 14.4 Å². The van der Waals surface area contributed by atoms with Gasteiger partial charge in [-0.05, 0) is 50.3 Å². The molecule has 6 nitrogen and oxygen atoms in total. The summed E-state index contributed by atoms with van der Waals surface area (Å²) < 4.78 is 14.4. The van der Waals surface area contributed by atoms with Gasteiger partial charge in [0.25, 0.3) is 0 Å². The minimum absolute atomic E-state index is 0.265. The number of carbonyl (C=O) groups is 1. The summed E-state index contributed by atoms with van der Waals surface area (Å²) >= 11 is 0. The monoisotopic (exact) mass is 411 g/mol. The zero-order chi connectivity index (χ0) is 20.3. The molecule has 4 heterocycles. The quantitative estimate of drug-likeness (QED) is 0.730. The van der Waals surface area contributed by atoms with Gasteiger partial charge in [0.15, 0.2) is 0 Å². The van der Waals surface area contributed by atoms with Crippen molar-refractivity contribution >= 4 is 16.8 Å². The molecule has 0 bridgehead atoms. The van der Waals surface area contributed by atoms with Gasteiger partial charge in [0.1, 0.15) is 11.9 Å². The zero-order valence-electron chi connectivity index (χ0n) is 17.8. The molecule has 30 heavy (non-hydrogen) atoms. The maximum absolute atomic E-state index is 12.0. The van der Waals surface area contributed by atoms with E-state index in [1.807, 2.05) is 4.90 Å². The minimum Gasteiger partial charge on any atom is -0.490 e. The van der Waals surface area contributed by atoms with Gasteiger partial charge >= 0.3 is 0 Å². The molecule has 6 heteroatoms.